The summed E-state index contributed by atoms with van der Waals surface area (Å²) in [6, 6.07) is 0. The van der Waals surface area contributed by atoms with Gasteiger partial charge in [-0.3, -0.25) is 0 Å². The molecule has 1 aliphatic carbocycles. The SMILES string of the molecule is C=C1CC/C=C(\C)CCC(C2=CCC(C(C)(C)O)OC2)C[C@H]1O. The summed E-state index contributed by atoms with van der Waals surface area (Å²) in [5.41, 5.74) is 2.81. The lowest BCUT2D eigenvalue weighted by Gasteiger charge is -2.34. The molecule has 3 atom stereocenters. The molecule has 2 N–H and O–H groups in total. The van der Waals surface area contributed by atoms with Crippen LogP contribution < -0.4 is 0 Å². The fraction of sp³-hybridized carbons (Fsp3) is 0.700. The predicted octanol–water partition coefficient (Wildman–Crippen LogP) is 3.92. The minimum absolute atomic E-state index is 0.146. The highest BCUT2D eigenvalue weighted by Gasteiger charge is 2.31. The normalized spacial score (nSPS) is 33.6. The van der Waals surface area contributed by atoms with E-state index < -0.39 is 11.7 Å². The Bertz CT molecular complexity index is 482. The van der Waals surface area contributed by atoms with E-state index >= 15 is 0 Å². The van der Waals surface area contributed by atoms with Crippen LogP contribution >= 0.6 is 0 Å². The van der Waals surface area contributed by atoms with Crippen LogP contribution in [0, 0.1) is 5.92 Å². The van der Waals surface area contributed by atoms with Crippen LogP contribution in [-0.4, -0.2) is 34.6 Å². The van der Waals surface area contributed by atoms with Gasteiger partial charge in [-0.25, -0.2) is 0 Å². The molecule has 0 bridgehead atoms. The topological polar surface area (TPSA) is 49.7 Å². The number of rotatable bonds is 2. The Labute approximate surface area is 140 Å². The van der Waals surface area contributed by atoms with Crippen LogP contribution in [-0.2, 0) is 4.74 Å². The van der Waals surface area contributed by atoms with Crippen LogP contribution in [0.1, 0.15) is 59.3 Å². The zero-order valence-corrected chi connectivity index (χ0v) is 14.8. The lowest BCUT2D eigenvalue weighted by molar-refractivity contribution is -0.0868. The van der Waals surface area contributed by atoms with Crippen molar-refractivity contribution >= 4 is 0 Å². The van der Waals surface area contributed by atoms with Crippen molar-refractivity contribution in [3.63, 3.8) is 0 Å². The maximum absolute atomic E-state index is 10.4. The summed E-state index contributed by atoms with van der Waals surface area (Å²) in [5, 5.41) is 20.5. The molecular weight excluding hydrogens is 288 g/mol. The molecule has 0 amide bonds. The van der Waals surface area contributed by atoms with Crippen LogP contribution in [0.5, 0.6) is 0 Å². The van der Waals surface area contributed by atoms with Crippen LogP contribution in [0.15, 0.2) is 35.5 Å². The Morgan fingerprint density at radius 2 is 2.00 bits per heavy atom. The van der Waals surface area contributed by atoms with Crippen molar-refractivity contribution in [3.05, 3.63) is 35.5 Å². The van der Waals surface area contributed by atoms with Gasteiger partial charge in [-0.2, -0.15) is 0 Å². The Balaban J connectivity index is 2.09. The van der Waals surface area contributed by atoms with Crippen molar-refractivity contribution < 1.29 is 14.9 Å². The van der Waals surface area contributed by atoms with Gasteiger partial charge in [0.05, 0.1) is 24.4 Å². The van der Waals surface area contributed by atoms with Gasteiger partial charge < -0.3 is 14.9 Å². The van der Waals surface area contributed by atoms with Gasteiger partial charge in [0.2, 0.25) is 0 Å². The van der Waals surface area contributed by atoms with Gasteiger partial charge in [0.25, 0.3) is 0 Å². The standard InChI is InChI=1S/C20H32O3/c1-14-6-5-7-15(2)18(21)12-16(9-8-14)17-10-11-19(23-13-17)20(3,4)22/h6,10,16,18-19,21-22H,2,5,7-9,11-13H2,1,3-4H3/b14-6+/t16?,18-,19?/m1/s1. The Morgan fingerprint density at radius 3 is 2.61 bits per heavy atom. The number of hydrogen-bond acceptors (Lipinski definition) is 3. The van der Waals surface area contributed by atoms with Gasteiger partial charge >= 0.3 is 0 Å². The summed E-state index contributed by atoms with van der Waals surface area (Å²) >= 11 is 0. The summed E-state index contributed by atoms with van der Waals surface area (Å²) in [4.78, 5) is 0. The van der Waals surface area contributed by atoms with Crippen LogP contribution in [0.2, 0.25) is 0 Å². The van der Waals surface area contributed by atoms with Gasteiger partial charge in [-0.1, -0.05) is 24.3 Å². The molecule has 0 saturated heterocycles. The van der Waals surface area contributed by atoms with E-state index in [0.29, 0.717) is 12.5 Å². The van der Waals surface area contributed by atoms with Gasteiger partial charge in [-0.15, -0.1) is 0 Å². The molecule has 0 aromatic carbocycles. The average Bonchev–Trinajstić information content (AvgIpc) is 2.49. The number of allylic oxidation sites excluding steroid dienone is 2. The second-order valence-electron chi connectivity index (χ2n) is 7.70. The summed E-state index contributed by atoms with van der Waals surface area (Å²) in [5.74, 6) is 0.325. The molecule has 0 spiro atoms. The van der Waals surface area contributed by atoms with Crippen LogP contribution in [0.4, 0.5) is 0 Å². The molecule has 2 unspecified atom stereocenters. The molecule has 3 nitrogen and oxygen atoms in total. The van der Waals surface area contributed by atoms with E-state index in [2.05, 4.69) is 25.7 Å². The molecule has 3 heteroatoms. The second kappa shape index (κ2) is 7.78. The third-order valence-electron chi connectivity index (χ3n) is 5.18. The fourth-order valence-corrected chi connectivity index (χ4v) is 3.42. The first-order valence-corrected chi connectivity index (χ1v) is 8.81. The highest BCUT2D eigenvalue weighted by Crippen LogP contribution is 2.33. The van der Waals surface area contributed by atoms with Crippen molar-refractivity contribution in [1.29, 1.82) is 0 Å². The zero-order chi connectivity index (χ0) is 17.0. The number of aliphatic hydroxyl groups is 2. The quantitative estimate of drug-likeness (QED) is 0.758. The van der Waals surface area contributed by atoms with E-state index in [-0.39, 0.29) is 6.10 Å². The van der Waals surface area contributed by atoms with Crippen LogP contribution in [0.25, 0.3) is 0 Å². The predicted molar refractivity (Wildman–Crippen MR) is 94.2 cm³/mol. The molecule has 1 heterocycles. The van der Waals surface area contributed by atoms with Crippen molar-refractivity contribution in [2.75, 3.05) is 6.61 Å². The molecule has 130 valence electrons. The molecule has 0 aromatic rings. The highest BCUT2D eigenvalue weighted by atomic mass is 16.5. The zero-order valence-electron chi connectivity index (χ0n) is 14.8. The summed E-state index contributed by atoms with van der Waals surface area (Å²) in [7, 11) is 0. The molecule has 2 aliphatic rings. The first-order chi connectivity index (χ1) is 10.8. The third kappa shape index (κ3) is 5.30. The molecule has 1 aliphatic heterocycles. The number of ether oxygens (including phenoxy) is 1. The maximum Gasteiger partial charge on any atom is 0.0895 e. The molecule has 0 radical (unpaired) electrons. The van der Waals surface area contributed by atoms with E-state index in [9.17, 15) is 10.2 Å². The van der Waals surface area contributed by atoms with Crippen molar-refractivity contribution in [1.82, 2.24) is 0 Å². The van der Waals surface area contributed by atoms with Crippen molar-refractivity contribution in [2.45, 2.75) is 77.1 Å². The first kappa shape index (κ1) is 18.4. The van der Waals surface area contributed by atoms with Gasteiger partial charge in [0.15, 0.2) is 0 Å². The van der Waals surface area contributed by atoms with E-state index in [4.69, 9.17) is 4.74 Å². The van der Waals surface area contributed by atoms with Crippen LogP contribution in [0.3, 0.4) is 0 Å². The Morgan fingerprint density at radius 1 is 1.26 bits per heavy atom. The van der Waals surface area contributed by atoms with Crippen molar-refractivity contribution in [2.24, 2.45) is 5.92 Å². The summed E-state index contributed by atoms with van der Waals surface area (Å²) in [6.45, 7) is 10.4. The second-order valence-corrected chi connectivity index (χ2v) is 7.70. The minimum Gasteiger partial charge on any atom is -0.389 e. The van der Waals surface area contributed by atoms with E-state index in [0.717, 1.165) is 44.1 Å². The lowest BCUT2D eigenvalue weighted by Crippen LogP contribution is -2.40. The largest absolute Gasteiger partial charge is 0.389 e. The van der Waals surface area contributed by atoms with E-state index in [1.54, 1.807) is 13.8 Å². The number of aliphatic hydroxyl groups excluding tert-OH is 1. The van der Waals surface area contributed by atoms with Gasteiger partial charge in [0.1, 0.15) is 0 Å². The smallest absolute Gasteiger partial charge is 0.0895 e. The Kier molecular flexibility index (Phi) is 6.24. The monoisotopic (exact) mass is 320 g/mol. The minimum atomic E-state index is -0.814. The fourth-order valence-electron chi connectivity index (χ4n) is 3.42. The molecule has 2 rings (SSSR count). The highest BCUT2D eigenvalue weighted by molar-refractivity contribution is 5.16. The summed E-state index contributed by atoms with van der Waals surface area (Å²) < 4.78 is 5.89. The molecule has 23 heavy (non-hydrogen) atoms. The molecular formula is C20H32O3. The van der Waals surface area contributed by atoms with E-state index in [1.807, 2.05) is 0 Å². The number of hydrogen-bond donors (Lipinski definition) is 2. The average molecular weight is 320 g/mol. The summed E-state index contributed by atoms with van der Waals surface area (Å²) in [6.07, 6.45) is 9.33. The van der Waals surface area contributed by atoms with E-state index in [1.165, 1.54) is 11.1 Å². The molecule has 0 saturated carbocycles. The maximum atomic E-state index is 10.4. The Hall–Kier alpha value is -0.900. The van der Waals surface area contributed by atoms with Crippen molar-refractivity contribution in [3.8, 4) is 0 Å². The van der Waals surface area contributed by atoms with Gasteiger partial charge in [-0.05, 0) is 76.4 Å². The third-order valence-corrected chi connectivity index (χ3v) is 5.18. The molecule has 0 fully saturated rings. The molecule has 0 aromatic heterocycles. The lowest BCUT2D eigenvalue weighted by atomic mass is 9.82. The first-order valence-electron chi connectivity index (χ1n) is 8.81. The van der Waals surface area contributed by atoms with Gasteiger partial charge in [0, 0.05) is 0 Å².